The van der Waals surface area contributed by atoms with Gasteiger partial charge >= 0.3 is 5.97 Å². The highest BCUT2D eigenvalue weighted by Gasteiger charge is 2.24. The van der Waals surface area contributed by atoms with Crippen molar-refractivity contribution in [3.05, 3.63) is 105 Å². The van der Waals surface area contributed by atoms with Gasteiger partial charge in [-0.25, -0.2) is 4.79 Å². The Kier molecular flexibility index (Phi) is 8.86. The zero-order chi connectivity index (χ0) is 28.8. The van der Waals surface area contributed by atoms with Crippen molar-refractivity contribution in [1.29, 1.82) is 0 Å². The lowest BCUT2D eigenvalue weighted by molar-refractivity contribution is 0.0697. The number of ether oxygens (including phenoxy) is 2. The number of benzene rings is 3. The second-order valence-corrected chi connectivity index (χ2v) is 11.3. The predicted molar refractivity (Wildman–Crippen MR) is 158 cm³/mol. The van der Waals surface area contributed by atoms with Gasteiger partial charge in [-0.3, -0.25) is 9.59 Å². The molecule has 1 aliphatic carbocycles. The van der Waals surface area contributed by atoms with E-state index in [1.54, 1.807) is 54.6 Å². The number of aromatic carboxylic acids is 1. The molecule has 1 aromatic heterocycles. The van der Waals surface area contributed by atoms with E-state index >= 15 is 0 Å². The molecular formula is C31H27ClN2O6S. The van der Waals surface area contributed by atoms with Crippen LogP contribution in [0.4, 0.5) is 5.69 Å². The molecular weight excluding hydrogens is 564 g/mol. The lowest BCUT2D eigenvalue weighted by Crippen LogP contribution is -2.39. The Morgan fingerprint density at radius 3 is 2.05 bits per heavy atom. The standard InChI is InChI=1S/C31H27ClN2O6S/c32-28-18-17-27(41-28)30(36)33-20-7-11-22(12-8-20)40-24-15-13-23(14-16-24)39-21-9-5-19(6-10-21)29(35)34-26-4-2-1-3-25(26)31(37)38/h1-6,9-10,13-18,20,22H,7-8,11-12H2,(H,33,36)(H,34,35)(H,37,38). The van der Waals surface area contributed by atoms with Crippen molar-refractivity contribution in [2.24, 2.45) is 0 Å². The maximum atomic E-state index is 12.6. The molecule has 8 nitrogen and oxygen atoms in total. The molecule has 3 N–H and O–H groups in total. The molecule has 1 aliphatic rings. The van der Waals surface area contributed by atoms with Crippen molar-refractivity contribution in [2.45, 2.75) is 37.8 Å². The van der Waals surface area contributed by atoms with Crippen LogP contribution in [0.15, 0.2) is 84.9 Å². The van der Waals surface area contributed by atoms with Gasteiger partial charge in [0.25, 0.3) is 11.8 Å². The van der Waals surface area contributed by atoms with E-state index in [0.717, 1.165) is 31.4 Å². The van der Waals surface area contributed by atoms with Gasteiger partial charge < -0.3 is 25.2 Å². The third kappa shape index (κ3) is 7.45. The third-order valence-corrected chi connectivity index (χ3v) is 7.92. The lowest BCUT2D eigenvalue weighted by Gasteiger charge is -2.29. The van der Waals surface area contributed by atoms with Crippen molar-refractivity contribution in [1.82, 2.24) is 5.32 Å². The molecule has 0 bridgehead atoms. The number of hydrogen-bond donors (Lipinski definition) is 3. The minimum Gasteiger partial charge on any atom is -0.490 e. The van der Waals surface area contributed by atoms with E-state index in [1.165, 1.54) is 17.4 Å². The van der Waals surface area contributed by atoms with E-state index in [2.05, 4.69) is 10.6 Å². The smallest absolute Gasteiger partial charge is 0.337 e. The molecule has 0 spiro atoms. The van der Waals surface area contributed by atoms with E-state index in [9.17, 15) is 19.5 Å². The van der Waals surface area contributed by atoms with Crippen LogP contribution in [0.1, 0.15) is 56.1 Å². The summed E-state index contributed by atoms with van der Waals surface area (Å²) in [7, 11) is 0. The summed E-state index contributed by atoms with van der Waals surface area (Å²) in [5.74, 6) is 0.287. The van der Waals surface area contributed by atoms with E-state index in [4.69, 9.17) is 21.1 Å². The zero-order valence-corrected chi connectivity index (χ0v) is 23.4. The van der Waals surface area contributed by atoms with Gasteiger partial charge in [0.1, 0.15) is 17.2 Å². The number of carboxylic acids is 1. The van der Waals surface area contributed by atoms with Crippen LogP contribution in [0.25, 0.3) is 0 Å². The summed E-state index contributed by atoms with van der Waals surface area (Å²) in [6.07, 6.45) is 3.45. The summed E-state index contributed by atoms with van der Waals surface area (Å²) >= 11 is 7.21. The number of nitrogens with one attached hydrogen (secondary N) is 2. The molecule has 1 saturated carbocycles. The molecule has 1 heterocycles. The van der Waals surface area contributed by atoms with Crippen LogP contribution in [-0.2, 0) is 0 Å². The van der Waals surface area contributed by atoms with Gasteiger partial charge in [0.2, 0.25) is 0 Å². The topological polar surface area (TPSA) is 114 Å². The van der Waals surface area contributed by atoms with Crippen LogP contribution in [0.3, 0.4) is 0 Å². The van der Waals surface area contributed by atoms with Crippen molar-refractivity contribution in [2.75, 3.05) is 5.32 Å². The van der Waals surface area contributed by atoms with Gasteiger partial charge in [-0.1, -0.05) is 23.7 Å². The molecule has 210 valence electrons. The maximum absolute atomic E-state index is 12.6. The fourth-order valence-electron chi connectivity index (χ4n) is 4.58. The van der Waals surface area contributed by atoms with E-state index in [0.29, 0.717) is 26.3 Å². The number of rotatable bonds is 9. The number of halogens is 1. The Balaban J connectivity index is 1.08. The first-order valence-electron chi connectivity index (χ1n) is 13.1. The molecule has 5 rings (SSSR count). The van der Waals surface area contributed by atoms with Gasteiger partial charge in [-0.2, -0.15) is 0 Å². The summed E-state index contributed by atoms with van der Waals surface area (Å²) in [4.78, 5) is 37.0. The van der Waals surface area contributed by atoms with Gasteiger partial charge in [-0.05, 0) is 98.5 Å². The number of carbonyl (C=O) groups is 3. The molecule has 0 unspecified atom stereocenters. The summed E-state index contributed by atoms with van der Waals surface area (Å²) in [5.41, 5.74) is 0.615. The Bertz CT molecular complexity index is 1530. The Morgan fingerprint density at radius 2 is 1.41 bits per heavy atom. The third-order valence-electron chi connectivity index (χ3n) is 6.69. The van der Waals surface area contributed by atoms with Crippen LogP contribution < -0.4 is 20.1 Å². The quantitative estimate of drug-likeness (QED) is 0.189. The van der Waals surface area contributed by atoms with E-state index in [-0.39, 0.29) is 29.3 Å². The van der Waals surface area contributed by atoms with Gasteiger partial charge in [0.05, 0.1) is 26.6 Å². The van der Waals surface area contributed by atoms with Crippen LogP contribution in [-0.4, -0.2) is 35.0 Å². The average molecular weight is 591 g/mol. The summed E-state index contributed by atoms with van der Waals surface area (Å²) in [6, 6.07) is 23.7. The summed E-state index contributed by atoms with van der Waals surface area (Å²) in [5, 5.41) is 15.0. The zero-order valence-electron chi connectivity index (χ0n) is 21.8. The second kappa shape index (κ2) is 12.9. The molecule has 2 amide bonds. The fourth-order valence-corrected chi connectivity index (χ4v) is 5.53. The van der Waals surface area contributed by atoms with Gasteiger partial charge in [-0.15, -0.1) is 11.3 Å². The number of para-hydroxylation sites is 1. The van der Waals surface area contributed by atoms with Crippen LogP contribution >= 0.6 is 22.9 Å². The van der Waals surface area contributed by atoms with Crippen molar-refractivity contribution in [3.8, 4) is 17.2 Å². The second-order valence-electron chi connectivity index (χ2n) is 9.57. The molecule has 41 heavy (non-hydrogen) atoms. The number of hydrogen-bond acceptors (Lipinski definition) is 6. The molecule has 4 aromatic rings. The van der Waals surface area contributed by atoms with Crippen molar-refractivity contribution < 1.29 is 29.0 Å². The van der Waals surface area contributed by atoms with Crippen LogP contribution in [0, 0.1) is 0 Å². The molecule has 0 radical (unpaired) electrons. The highest BCUT2D eigenvalue weighted by Crippen LogP contribution is 2.28. The van der Waals surface area contributed by atoms with Gasteiger partial charge in [0, 0.05) is 11.6 Å². The number of amides is 2. The Morgan fingerprint density at radius 1 is 0.780 bits per heavy atom. The SMILES string of the molecule is O=C(Nc1ccccc1C(=O)O)c1ccc(Oc2ccc(OC3CCC(NC(=O)c4ccc(Cl)s4)CC3)cc2)cc1. The minimum absolute atomic E-state index is 0.0188. The first kappa shape index (κ1) is 28.2. The van der Waals surface area contributed by atoms with Gasteiger partial charge in [0.15, 0.2) is 0 Å². The van der Waals surface area contributed by atoms with Crippen LogP contribution in [0.2, 0.25) is 4.34 Å². The highest BCUT2D eigenvalue weighted by atomic mass is 35.5. The van der Waals surface area contributed by atoms with E-state index in [1.807, 2.05) is 24.3 Å². The number of carboxylic acid groups (broad SMARTS) is 1. The fraction of sp³-hybridized carbons (Fsp3) is 0.194. The van der Waals surface area contributed by atoms with Crippen molar-refractivity contribution >= 4 is 46.4 Å². The minimum atomic E-state index is -1.12. The van der Waals surface area contributed by atoms with Crippen LogP contribution in [0.5, 0.6) is 17.2 Å². The first-order valence-corrected chi connectivity index (χ1v) is 14.3. The maximum Gasteiger partial charge on any atom is 0.337 e. The summed E-state index contributed by atoms with van der Waals surface area (Å²) < 4.78 is 12.7. The largest absolute Gasteiger partial charge is 0.490 e. The molecule has 0 atom stereocenters. The number of anilines is 1. The normalized spacial score (nSPS) is 16.4. The molecule has 1 fully saturated rings. The van der Waals surface area contributed by atoms with Crippen molar-refractivity contribution in [3.63, 3.8) is 0 Å². The van der Waals surface area contributed by atoms with E-state index < -0.39 is 11.9 Å². The molecule has 0 saturated heterocycles. The number of carbonyl (C=O) groups excluding carboxylic acids is 2. The molecule has 3 aromatic carbocycles. The lowest BCUT2D eigenvalue weighted by atomic mass is 9.93. The highest BCUT2D eigenvalue weighted by molar-refractivity contribution is 7.18. The predicted octanol–water partition coefficient (Wildman–Crippen LogP) is 7.26. The molecule has 0 aliphatic heterocycles. The Hall–Kier alpha value is -4.34. The summed E-state index contributed by atoms with van der Waals surface area (Å²) in [6.45, 7) is 0. The average Bonchev–Trinajstić information content (AvgIpc) is 3.42. The first-order chi connectivity index (χ1) is 19.8. The molecule has 10 heteroatoms. The monoisotopic (exact) mass is 590 g/mol. The number of thiophene rings is 1. The Labute approximate surface area is 245 Å².